The number of carbonyl (C=O) groups is 1. The highest BCUT2D eigenvalue weighted by atomic mass is 16.5. The van der Waals surface area contributed by atoms with E-state index in [0.717, 1.165) is 65.9 Å². The van der Waals surface area contributed by atoms with Gasteiger partial charge in [-0.3, -0.25) is 4.99 Å². The number of esters is 1. The summed E-state index contributed by atoms with van der Waals surface area (Å²) in [5.41, 5.74) is 4.79. The Kier molecular flexibility index (Phi) is 24.6. The van der Waals surface area contributed by atoms with E-state index in [4.69, 9.17) is 14.2 Å². The molecule has 5 rings (SSSR count). The number of nitrogens with zero attached hydrogens (tertiary/aromatic N) is 5. The highest BCUT2D eigenvalue weighted by Crippen LogP contribution is 2.26. The van der Waals surface area contributed by atoms with Crippen LogP contribution in [0.3, 0.4) is 0 Å². The number of hydrogen-bond donors (Lipinski definition) is 0. The van der Waals surface area contributed by atoms with Crippen LogP contribution in [0.5, 0.6) is 17.2 Å². The number of ether oxygens (including phenoxy) is 3. The fraction of sp³-hybridized carbons (Fsp3) is 0.439. The average molecular weight is 892 g/mol. The molecule has 5 aromatic rings. The van der Waals surface area contributed by atoms with E-state index >= 15 is 0 Å². The van der Waals surface area contributed by atoms with Gasteiger partial charge in [-0.25, -0.2) is 4.79 Å². The number of benzene rings is 5. The second-order valence-corrected chi connectivity index (χ2v) is 17.1. The van der Waals surface area contributed by atoms with Crippen LogP contribution >= 0.6 is 0 Å². The molecule has 350 valence electrons. The van der Waals surface area contributed by atoms with Crippen molar-refractivity contribution in [2.45, 2.75) is 149 Å². The predicted octanol–water partition coefficient (Wildman–Crippen LogP) is 18.5. The van der Waals surface area contributed by atoms with Crippen molar-refractivity contribution in [1.82, 2.24) is 0 Å². The summed E-state index contributed by atoms with van der Waals surface area (Å²) in [7, 11) is 0. The SMILES string of the molecule is CCCCCCCCCCCCCOc1ccc(N=Nc2ccc(C(=O)Oc3cccc(C=Nc4ccc(N=Nc5ccc(OCCCCCCCCCCCC)cc5)cc4)c3)cc2)cc1. The van der Waals surface area contributed by atoms with Gasteiger partial charge in [0, 0.05) is 6.21 Å². The second kappa shape index (κ2) is 31.8. The molecule has 0 heterocycles. The summed E-state index contributed by atoms with van der Waals surface area (Å²) < 4.78 is 17.6. The fourth-order valence-corrected chi connectivity index (χ4v) is 7.43. The van der Waals surface area contributed by atoms with E-state index in [0.29, 0.717) is 17.0 Å². The summed E-state index contributed by atoms with van der Waals surface area (Å²) in [5, 5.41) is 17.5. The smallest absolute Gasteiger partial charge is 0.343 e. The van der Waals surface area contributed by atoms with Crippen LogP contribution in [-0.4, -0.2) is 25.4 Å². The zero-order valence-electron chi connectivity index (χ0n) is 39.8. The summed E-state index contributed by atoms with van der Waals surface area (Å²) in [6.45, 7) is 6.00. The zero-order chi connectivity index (χ0) is 46.1. The van der Waals surface area contributed by atoms with Gasteiger partial charge < -0.3 is 14.2 Å². The van der Waals surface area contributed by atoms with Crippen LogP contribution in [0.2, 0.25) is 0 Å². The van der Waals surface area contributed by atoms with Crippen LogP contribution < -0.4 is 14.2 Å². The van der Waals surface area contributed by atoms with E-state index in [2.05, 4.69) is 39.3 Å². The van der Waals surface area contributed by atoms with Crippen LogP contribution in [0.25, 0.3) is 0 Å². The fourth-order valence-electron chi connectivity index (χ4n) is 7.43. The Morgan fingerprint density at radius 2 is 0.773 bits per heavy atom. The Hall–Kier alpha value is -5.96. The first kappa shape index (κ1) is 51.0. The number of unbranched alkanes of at least 4 members (excludes halogenated alkanes) is 19. The molecule has 0 N–H and O–H groups in total. The Bertz CT molecular complexity index is 2150. The largest absolute Gasteiger partial charge is 0.494 e. The molecule has 0 fully saturated rings. The van der Waals surface area contributed by atoms with E-state index in [1.807, 2.05) is 84.9 Å². The predicted molar refractivity (Wildman–Crippen MR) is 272 cm³/mol. The molecule has 0 radical (unpaired) electrons. The normalized spacial score (nSPS) is 11.5. The molecule has 9 nitrogen and oxygen atoms in total. The zero-order valence-corrected chi connectivity index (χ0v) is 39.8. The molecular formula is C57H73N5O4. The Morgan fingerprint density at radius 3 is 1.20 bits per heavy atom. The van der Waals surface area contributed by atoms with Gasteiger partial charge in [0.25, 0.3) is 0 Å². The monoisotopic (exact) mass is 892 g/mol. The molecule has 5 aromatic carbocycles. The molecule has 0 saturated carbocycles. The molecule has 0 aromatic heterocycles. The Morgan fingerprint density at radius 1 is 0.409 bits per heavy atom. The lowest BCUT2D eigenvalue weighted by Crippen LogP contribution is -2.08. The van der Waals surface area contributed by atoms with E-state index in [1.165, 1.54) is 122 Å². The van der Waals surface area contributed by atoms with Crippen molar-refractivity contribution in [3.63, 3.8) is 0 Å². The first-order chi connectivity index (χ1) is 32.6. The van der Waals surface area contributed by atoms with Crippen molar-refractivity contribution >= 4 is 40.6 Å². The van der Waals surface area contributed by atoms with Crippen molar-refractivity contribution in [1.29, 1.82) is 0 Å². The van der Waals surface area contributed by atoms with E-state index < -0.39 is 5.97 Å². The molecule has 9 heteroatoms. The van der Waals surface area contributed by atoms with E-state index in [9.17, 15) is 4.79 Å². The third kappa shape index (κ3) is 21.4. The maximum absolute atomic E-state index is 13.0. The van der Waals surface area contributed by atoms with Crippen LogP contribution in [-0.2, 0) is 0 Å². The van der Waals surface area contributed by atoms with E-state index in [-0.39, 0.29) is 0 Å². The lowest BCUT2D eigenvalue weighted by molar-refractivity contribution is 0.0734. The molecule has 66 heavy (non-hydrogen) atoms. The summed E-state index contributed by atoms with van der Waals surface area (Å²) in [6.07, 6.45) is 29.3. The van der Waals surface area contributed by atoms with Gasteiger partial charge in [-0.05, 0) is 128 Å². The maximum atomic E-state index is 13.0. The summed E-state index contributed by atoms with van der Waals surface area (Å²) in [5.74, 6) is 1.65. The minimum Gasteiger partial charge on any atom is -0.494 e. The molecule has 0 unspecified atom stereocenters. The molecule has 0 aliphatic carbocycles. The Labute approximate surface area is 395 Å². The lowest BCUT2D eigenvalue weighted by atomic mass is 10.1. The van der Waals surface area contributed by atoms with Gasteiger partial charge in [0.1, 0.15) is 17.2 Å². The third-order valence-electron chi connectivity index (χ3n) is 11.4. The van der Waals surface area contributed by atoms with Crippen molar-refractivity contribution in [2.75, 3.05) is 13.2 Å². The second-order valence-electron chi connectivity index (χ2n) is 17.1. The highest BCUT2D eigenvalue weighted by molar-refractivity contribution is 5.91. The van der Waals surface area contributed by atoms with Crippen LogP contribution in [0.1, 0.15) is 165 Å². The lowest BCUT2D eigenvalue weighted by Gasteiger charge is -2.06. The molecule has 0 spiro atoms. The van der Waals surface area contributed by atoms with Crippen molar-refractivity contribution in [3.8, 4) is 17.2 Å². The minimum atomic E-state index is -0.468. The molecule has 0 aliphatic rings. The van der Waals surface area contributed by atoms with Gasteiger partial charge in [-0.15, -0.1) is 0 Å². The van der Waals surface area contributed by atoms with Crippen LogP contribution in [0.4, 0.5) is 28.4 Å². The van der Waals surface area contributed by atoms with Crippen molar-refractivity contribution in [2.24, 2.45) is 25.4 Å². The number of azo groups is 2. The highest BCUT2D eigenvalue weighted by Gasteiger charge is 2.09. The first-order valence-corrected chi connectivity index (χ1v) is 24.9. The first-order valence-electron chi connectivity index (χ1n) is 24.9. The molecule has 0 saturated heterocycles. The van der Waals surface area contributed by atoms with Crippen LogP contribution in [0.15, 0.2) is 147 Å². The number of carbonyl (C=O) groups excluding carboxylic acids is 1. The summed E-state index contributed by atoms with van der Waals surface area (Å²) in [6, 6.07) is 37.0. The molecule has 0 aliphatic heterocycles. The topological polar surface area (TPSA) is 107 Å². The van der Waals surface area contributed by atoms with Crippen molar-refractivity contribution < 1.29 is 19.0 Å². The average Bonchev–Trinajstić information content (AvgIpc) is 3.35. The number of hydrogen-bond acceptors (Lipinski definition) is 9. The van der Waals surface area contributed by atoms with Crippen molar-refractivity contribution in [3.05, 3.63) is 132 Å². The van der Waals surface area contributed by atoms with E-state index in [1.54, 1.807) is 42.6 Å². The van der Waals surface area contributed by atoms with Gasteiger partial charge >= 0.3 is 5.97 Å². The molecule has 0 atom stereocenters. The quantitative estimate of drug-likeness (QED) is 0.0137. The number of aliphatic imine (C=N–C) groups is 1. The van der Waals surface area contributed by atoms with Crippen LogP contribution in [0, 0.1) is 0 Å². The Balaban J connectivity index is 0.961. The van der Waals surface area contributed by atoms with Gasteiger partial charge in [-0.1, -0.05) is 148 Å². The van der Waals surface area contributed by atoms with Gasteiger partial charge in [0.2, 0.25) is 0 Å². The van der Waals surface area contributed by atoms with Gasteiger partial charge in [0.05, 0.1) is 47.2 Å². The molecule has 0 bridgehead atoms. The standard InChI is InChI=1S/C57H73N5O4/c1-3-5-7-9-11-13-15-17-19-21-23-44-64-54-39-35-52(36-40-54)61-59-50-29-27-48(28-30-50)57(63)66-56-26-24-25-47(45-56)46-58-49-31-33-51(34-32-49)60-62-53-37-41-55(42-38-53)65-43-22-20-18-16-14-12-10-8-6-4-2/h24-42,45-46H,3-23,43-44H2,1-2H3. The maximum Gasteiger partial charge on any atom is 0.343 e. The molecular weight excluding hydrogens is 819 g/mol. The third-order valence-corrected chi connectivity index (χ3v) is 11.4. The number of rotatable bonds is 33. The summed E-state index contributed by atoms with van der Waals surface area (Å²) >= 11 is 0. The van der Waals surface area contributed by atoms with Gasteiger partial charge in [-0.2, -0.15) is 20.5 Å². The molecule has 0 amide bonds. The van der Waals surface area contributed by atoms with Gasteiger partial charge in [0.15, 0.2) is 0 Å². The minimum absolute atomic E-state index is 0.408. The summed E-state index contributed by atoms with van der Waals surface area (Å²) in [4.78, 5) is 17.6.